The first-order valence-corrected chi connectivity index (χ1v) is 14.0. The minimum Gasteiger partial charge on any atom is -0.285 e. The van der Waals surface area contributed by atoms with Gasteiger partial charge in [0.05, 0.1) is 21.3 Å². The van der Waals surface area contributed by atoms with Crippen LogP contribution in [0.5, 0.6) is 0 Å². The lowest BCUT2D eigenvalue weighted by molar-refractivity contribution is 1.15. The van der Waals surface area contributed by atoms with Crippen LogP contribution in [-0.2, 0) is 0 Å². The Morgan fingerprint density at radius 2 is 1.05 bits per heavy atom. The maximum atomic E-state index is 5.35. The van der Waals surface area contributed by atoms with Gasteiger partial charge in [0.1, 0.15) is 0 Å². The molecular weight excluding hydrogens is 489 g/mol. The van der Waals surface area contributed by atoms with Gasteiger partial charge in [-0.15, -0.1) is 11.3 Å². The molecule has 37 heavy (non-hydrogen) atoms. The van der Waals surface area contributed by atoms with Crippen LogP contribution in [0.1, 0.15) is 0 Å². The van der Waals surface area contributed by atoms with Crippen LogP contribution in [0.25, 0.3) is 78.9 Å². The third kappa shape index (κ3) is 2.71. The van der Waals surface area contributed by atoms with Gasteiger partial charge in [0.2, 0.25) is 0 Å². The highest BCUT2D eigenvalue weighted by Gasteiger charge is 2.19. The predicted octanol–water partition coefficient (Wildman–Crippen LogP) is 10.1. The van der Waals surface area contributed by atoms with Crippen molar-refractivity contribution in [1.82, 2.24) is 9.55 Å². The van der Waals surface area contributed by atoms with Crippen molar-refractivity contribution in [3.63, 3.8) is 0 Å². The Kier molecular flexibility index (Phi) is 3.85. The van der Waals surface area contributed by atoms with Gasteiger partial charge in [-0.05, 0) is 64.0 Å². The van der Waals surface area contributed by atoms with E-state index in [4.69, 9.17) is 4.98 Å². The molecule has 172 valence electrons. The molecule has 0 saturated heterocycles. The summed E-state index contributed by atoms with van der Waals surface area (Å²) in [5.74, 6) is 0. The summed E-state index contributed by atoms with van der Waals surface area (Å²) in [6, 6.07) is 39.8. The largest absolute Gasteiger partial charge is 0.285 e. The Balaban J connectivity index is 1.45. The third-order valence-corrected chi connectivity index (χ3v) is 9.72. The molecule has 0 fully saturated rings. The molecule has 0 aliphatic rings. The Bertz CT molecular complexity index is 2280. The smallest absolute Gasteiger partial charge is 0.195 e. The Hall–Kier alpha value is -4.25. The zero-order chi connectivity index (χ0) is 24.1. The number of thiophene rings is 1. The predicted molar refractivity (Wildman–Crippen MR) is 162 cm³/mol. The normalized spacial score (nSPS) is 12.3. The number of nitrogens with zero attached hydrogens (tertiary/aromatic N) is 2. The van der Waals surface area contributed by atoms with E-state index in [1.54, 1.807) is 11.3 Å². The van der Waals surface area contributed by atoms with Crippen molar-refractivity contribution in [2.45, 2.75) is 0 Å². The van der Waals surface area contributed by atoms with Gasteiger partial charge in [0.25, 0.3) is 0 Å². The highest BCUT2D eigenvalue weighted by Crippen LogP contribution is 2.42. The number of benzene rings is 6. The highest BCUT2D eigenvalue weighted by atomic mass is 32.1. The first-order valence-electron chi connectivity index (χ1n) is 12.4. The molecule has 0 bridgehead atoms. The van der Waals surface area contributed by atoms with E-state index in [0.29, 0.717) is 0 Å². The fraction of sp³-hybridized carbons (Fsp3) is 0. The molecule has 0 N–H and O–H groups in total. The molecule has 4 heteroatoms. The lowest BCUT2D eigenvalue weighted by atomic mass is 10.0. The average molecular weight is 507 g/mol. The number of thiazole rings is 1. The minimum absolute atomic E-state index is 1.02. The summed E-state index contributed by atoms with van der Waals surface area (Å²) in [4.78, 5) is 5.35. The minimum atomic E-state index is 1.02. The summed E-state index contributed by atoms with van der Waals surface area (Å²) in [6.45, 7) is 0. The van der Waals surface area contributed by atoms with Crippen molar-refractivity contribution in [2.24, 2.45) is 0 Å². The van der Waals surface area contributed by atoms with E-state index in [1.807, 2.05) is 11.3 Å². The summed E-state index contributed by atoms with van der Waals surface area (Å²) in [7, 11) is 0. The average Bonchev–Trinajstić information content (AvgIpc) is 3.61. The van der Waals surface area contributed by atoms with E-state index in [9.17, 15) is 0 Å². The fourth-order valence-corrected chi connectivity index (χ4v) is 7.99. The van der Waals surface area contributed by atoms with Crippen LogP contribution in [0.4, 0.5) is 0 Å². The maximum Gasteiger partial charge on any atom is 0.195 e. The van der Waals surface area contributed by atoms with Gasteiger partial charge in [-0.1, -0.05) is 78.1 Å². The maximum absolute atomic E-state index is 5.35. The molecule has 9 rings (SSSR count). The SMILES string of the molecule is c1ccc2cc3c(cc2c1)c1cc2ccccc2cc1n3-c1nc2c(ccc3sc4ccccc4c32)s1. The molecule has 6 aromatic carbocycles. The van der Waals surface area contributed by atoms with E-state index in [1.165, 1.54) is 68.2 Å². The number of aromatic nitrogens is 2. The monoisotopic (exact) mass is 506 g/mol. The van der Waals surface area contributed by atoms with Crippen molar-refractivity contribution in [1.29, 1.82) is 0 Å². The lowest BCUT2D eigenvalue weighted by Gasteiger charge is -2.05. The molecule has 0 radical (unpaired) electrons. The van der Waals surface area contributed by atoms with Crippen molar-refractivity contribution in [3.05, 3.63) is 109 Å². The van der Waals surface area contributed by atoms with Gasteiger partial charge in [0.15, 0.2) is 5.13 Å². The summed E-state index contributed by atoms with van der Waals surface area (Å²) in [6.07, 6.45) is 0. The van der Waals surface area contributed by atoms with Gasteiger partial charge >= 0.3 is 0 Å². The molecule has 0 amide bonds. The molecule has 0 aliphatic carbocycles. The standard InChI is InChI=1S/C33H18N2S2/c1-3-9-21-17-26-24(15-19(21)7-1)25-16-20-8-2-4-10-22(20)18-27(25)35(26)33-34-32-30(37-33)14-13-29-31(32)23-11-5-6-12-28(23)36-29/h1-18H. The number of fused-ring (bicyclic) bond motifs is 10. The Morgan fingerprint density at radius 3 is 1.73 bits per heavy atom. The zero-order valence-corrected chi connectivity index (χ0v) is 21.2. The van der Waals surface area contributed by atoms with E-state index >= 15 is 0 Å². The highest BCUT2D eigenvalue weighted by molar-refractivity contribution is 7.26. The lowest BCUT2D eigenvalue weighted by Crippen LogP contribution is -1.92. The van der Waals surface area contributed by atoms with Crippen LogP contribution in [0, 0.1) is 0 Å². The van der Waals surface area contributed by atoms with E-state index < -0.39 is 0 Å². The van der Waals surface area contributed by atoms with E-state index in [2.05, 4.69) is 114 Å². The molecule has 0 aliphatic heterocycles. The van der Waals surface area contributed by atoms with Crippen molar-refractivity contribution in [3.8, 4) is 5.13 Å². The van der Waals surface area contributed by atoms with Crippen molar-refractivity contribution < 1.29 is 0 Å². The zero-order valence-electron chi connectivity index (χ0n) is 19.6. The quantitative estimate of drug-likeness (QED) is 0.217. The molecule has 9 aromatic rings. The van der Waals surface area contributed by atoms with Crippen LogP contribution in [-0.4, -0.2) is 9.55 Å². The van der Waals surface area contributed by atoms with Crippen LogP contribution in [0.2, 0.25) is 0 Å². The first kappa shape index (κ1) is 19.9. The van der Waals surface area contributed by atoms with Crippen LogP contribution >= 0.6 is 22.7 Å². The second-order valence-electron chi connectivity index (χ2n) is 9.65. The number of hydrogen-bond donors (Lipinski definition) is 0. The fourth-order valence-electron chi connectivity index (χ4n) is 5.88. The van der Waals surface area contributed by atoms with Crippen LogP contribution < -0.4 is 0 Å². The molecule has 3 heterocycles. The molecule has 0 unspecified atom stereocenters. The van der Waals surface area contributed by atoms with Crippen molar-refractivity contribution >= 4 is 96.4 Å². The number of hydrogen-bond acceptors (Lipinski definition) is 3. The topological polar surface area (TPSA) is 17.8 Å². The van der Waals surface area contributed by atoms with Gasteiger partial charge < -0.3 is 0 Å². The summed E-state index contributed by atoms with van der Waals surface area (Å²) >= 11 is 3.63. The molecule has 0 saturated carbocycles. The second-order valence-corrected chi connectivity index (χ2v) is 11.7. The van der Waals surface area contributed by atoms with Gasteiger partial charge in [-0.3, -0.25) is 4.57 Å². The Labute approximate surface area is 219 Å². The second kappa shape index (κ2) is 7.16. The summed E-state index contributed by atoms with van der Waals surface area (Å²) in [5, 5.41) is 11.1. The van der Waals surface area contributed by atoms with E-state index in [0.717, 1.165) is 10.6 Å². The summed E-state index contributed by atoms with van der Waals surface area (Å²) in [5.41, 5.74) is 3.51. The molecule has 0 spiro atoms. The van der Waals surface area contributed by atoms with Gasteiger partial charge in [-0.25, -0.2) is 4.98 Å². The molecule has 0 atom stereocenters. The molecular formula is C33H18N2S2. The molecule has 3 aromatic heterocycles. The van der Waals surface area contributed by atoms with E-state index in [-0.39, 0.29) is 0 Å². The third-order valence-electron chi connectivity index (χ3n) is 7.58. The Morgan fingerprint density at radius 1 is 0.486 bits per heavy atom. The van der Waals surface area contributed by atoms with Crippen LogP contribution in [0.3, 0.4) is 0 Å². The summed E-state index contributed by atoms with van der Waals surface area (Å²) < 4.78 is 6.22. The molecule has 2 nitrogen and oxygen atoms in total. The van der Waals surface area contributed by atoms with Gasteiger partial charge in [0, 0.05) is 30.9 Å². The van der Waals surface area contributed by atoms with Crippen LogP contribution in [0.15, 0.2) is 109 Å². The number of rotatable bonds is 1. The van der Waals surface area contributed by atoms with Crippen molar-refractivity contribution in [2.75, 3.05) is 0 Å². The first-order chi connectivity index (χ1) is 18.3. The van der Waals surface area contributed by atoms with Gasteiger partial charge in [-0.2, -0.15) is 0 Å².